The van der Waals surface area contributed by atoms with Gasteiger partial charge in [-0.25, -0.2) is 4.79 Å². The summed E-state index contributed by atoms with van der Waals surface area (Å²) in [5, 5.41) is 3.42. The van der Waals surface area contributed by atoms with Crippen molar-refractivity contribution in [3.8, 4) is 5.75 Å². The first-order valence-corrected chi connectivity index (χ1v) is 6.95. The first kappa shape index (κ1) is 16.5. The lowest BCUT2D eigenvalue weighted by Gasteiger charge is -2.22. The van der Waals surface area contributed by atoms with Crippen LogP contribution in [0.5, 0.6) is 5.75 Å². The maximum atomic E-state index is 11.4. The maximum absolute atomic E-state index is 11.4. The molecule has 0 aliphatic heterocycles. The molecule has 0 bridgehead atoms. The largest absolute Gasteiger partial charge is 0.481 e. The number of esters is 1. The van der Waals surface area contributed by atoms with Crippen LogP contribution in [0, 0.1) is 6.92 Å². The van der Waals surface area contributed by atoms with Crippen molar-refractivity contribution < 1.29 is 14.3 Å². The van der Waals surface area contributed by atoms with Gasteiger partial charge in [-0.05, 0) is 40.2 Å². The van der Waals surface area contributed by atoms with Gasteiger partial charge in [0.05, 0.1) is 6.61 Å². The number of rotatable bonds is 6. The van der Waals surface area contributed by atoms with E-state index in [-0.39, 0.29) is 18.1 Å². The van der Waals surface area contributed by atoms with E-state index in [4.69, 9.17) is 9.47 Å². The quantitative estimate of drug-likeness (QED) is 0.813. The van der Waals surface area contributed by atoms with E-state index in [1.165, 1.54) is 0 Å². The van der Waals surface area contributed by atoms with E-state index < -0.39 is 0 Å². The van der Waals surface area contributed by atoms with Crippen LogP contribution in [0.15, 0.2) is 18.2 Å². The lowest BCUT2D eigenvalue weighted by Crippen LogP contribution is -2.35. The fourth-order valence-electron chi connectivity index (χ4n) is 1.75. The standard InChI is InChI=1S/C16H25NO3/c1-6-19-14(18)11-20-15-12(2)8-7-9-13(15)10-17-16(3,4)5/h7-9,17H,6,10-11H2,1-5H3. The number of hydrogen-bond donors (Lipinski definition) is 1. The van der Waals surface area contributed by atoms with Crippen LogP contribution in [-0.2, 0) is 16.1 Å². The smallest absolute Gasteiger partial charge is 0.344 e. The zero-order chi connectivity index (χ0) is 15.2. The van der Waals surface area contributed by atoms with Crippen LogP contribution in [0.1, 0.15) is 38.8 Å². The first-order valence-electron chi connectivity index (χ1n) is 6.95. The van der Waals surface area contributed by atoms with Gasteiger partial charge in [0.15, 0.2) is 6.61 Å². The van der Waals surface area contributed by atoms with E-state index in [9.17, 15) is 4.79 Å². The minimum absolute atomic E-state index is 0.0299. The summed E-state index contributed by atoms with van der Waals surface area (Å²) >= 11 is 0. The highest BCUT2D eigenvalue weighted by Crippen LogP contribution is 2.24. The molecule has 0 amide bonds. The van der Waals surface area contributed by atoms with Gasteiger partial charge in [0.1, 0.15) is 5.75 Å². The molecule has 0 aliphatic rings. The molecule has 0 radical (unpaired) electrons. The fourth-order valence-corrected chi connectivity index (χ4v) is 1.75. The summed E-state index contributed by atoms with van der Waals surface area (Å²) in [7, 11) is 0. The Bertz CT molecular complexity index is 450. The Hall–Kier alpha value is -1.55. The van der Waals surface area contributed by atoms with E-state index >= 15 is 0 Å². The van der Waals surface area contributed by atoms with Gasteiger partial charge in [0.25, 0.3) is 0 Å². The molecule has 0 aliphatic carbocycles. The predicted octanol–water partition coefficient (Wildman–Crippen LogP) is 2.83. The van der Waals surface area contributed by atoms with Gasteiger partial charge in [-0.3, -0.25) is 0 Å². The molecule has 0 atom stereocenters. The van der Waals surface area contributed by atoms with Crippen LogP contribution in [0.2, 0.25) is 0 Å². The van der Waals surface area contributed by atoms with Crippen LogP contribution in [0.25, 0.3) is 0 Å². The molecule has 0 saturated heterocycles. The molecule has 112 valence electrons. The molecule has 0 spiro atoms. The van der Waals surface area contributed by atoms with Crippen LogP contribution in [-0.4, -0.2) is 24.7 Å². The van der Waals surface area contributed by atoms with Crippen molar-refractivity contribution in [2.75, 3.05) is 13.2 Å². The van der Waals surface area contributed by atoms with E-state index in [0.717, 1.165) is 16.9 Å². The molecule has 4 nitrogen and oxygen atoms in total. The second-order valence-corrected chi connectivity index (χ2v) is 5.76. The molecule has 0 saturated carbocycles. The Kier molecular flexibility index (Phi) is 6.02. The normalized spacial score (nSPS) is 11.2. The minimum atomic E-state index is -0.342. The number of ether oxygens (including phenoxy) is 2. The molecule has 1 N–H and O–H groups in total. The Morgan fingerprint density at radius 2 is 2.00 bits per heavy atom. The minimum Gasteiger partial charge on any atom is -0.481 e. The Balaban J connectivity index is 2.75. The third-order valence-electron chi connectivity index (χ3n) is 2.74. The molecular formula is C16H25NO3. The van der Waals surface area contributed by atoms with E-state index in [2.05, 4.69) is 26.1 Å². The number of carbonyl (C=O) groups excluding carboxylic acids is 1. The van der Waals surface area contributed by atoms with Gasteiger partial charge in [-0.2, -0.15) is 0 Å². The molecule has 20 heavy (non-hydrogen) atoms. The number of hydrogen-bond acceptors (Lipinski definition) is 4. The van der Waals surface area contributed by atoms with Gasteiger partial charge >= 0.3 is 5.97 Å². The van der Waals surface area contributed by atoms with Crippen LogP contribution in [0.3, 0.4) is 0 Å². The zero-order valence-corrected chi connectivity index (χ0v) is 13.1. The second kappa shape index (κ2) is 7.29. The average Bonchev–Trinajstić information content (AvgIpc) is 2.34. The van der Waals surface area contributed by atoms with Crippen LogP contribution in [0.4, 0.5) is 0 Å². The highest BCUT2D eigenvalue weighted by molar-refractivity contribution is 5.71. The number of carbonyl (C=O) groups is 1. The summed E-state index contributed by atoms with van der Waals surface area (Å²) in [5.74, 6) is 0.419. The number of para-hydroxylation sites is 1. The number of benzene rings is 1. The summed E-state index contributed by atoms with van der Waals surface area (Å²) in [6, 6.07) is 5.97. The van der Waals surface area contributed by atoms with Gasteiger partial charge in [-0.15, -0.1) is 0 Å². The van der Waals surface area contributed by atoms with Gasteiger partial charge in [0.2, 0.25) is 0 Å². The van der Waals surface area contributed by atoms with Crippen molar-refractivity contribution >= 4 is 5.97 Å². The van der Waals surface area contributed by atoms with Gasteiger partial charge < -0.3 is 14.8 Å². The molecular weight excluding hydrogens is 254 g/mol. The highest BCUT2D eigenvalue weighted by atomic mass is 16.6. The summed E-state index contributed by atoms with van der Waals surface area (Å²) in [6.07, 6.45) is 0. The SMILES string of the molecule is CCOC(=O)COc1c(C)cccc1CNC(C)(C)C. The van der Waals surface area contributed by atoms with Crippen molar-refractivity contribution in [1.29, 1.82) is 0 Å². The van der Waals surface area contributed by atoms with Crippen LogP contribution >= 0.6 is 0 Å². The fraction of sp³-hybridized carbons (Fsp3) is 0.562. The van der Waals surface area contributed by atoms with E-state index in [0.29, 0.717) is 13.2 Å². The van der Waals surface area contributed by atoms with E-state index in [1.807, 2.05) is 25.1 Å². The predicted molar refractivity (Wildman–Crippen MR) is 79.9 cm³/mol. The van der Waals surface area contributed by atoms with Crippen molar-refractivity contribution in [2.45, 2.75) is 46.7 Å². The topological polar surface area (TPSA) is 47.6 Å². The van der Waals surface area contributed by atoms with E-state index in [1.54, 1.807) is 6.92 Å². The monoisotopic (exact) mass is 279 g/mol. The molecule has 0 unspecified atom stereocenters. The van der Waals surface area contributed by atoms with Crippen molar-refractivity contribution in [3.63, 3.8) is 0 Å². The lowest BCUT2D eigenvalue weighted by molar-refractivity contribution is -0.145. The summed E-state index contributed by atoms with van der Waals surface area (Å²) in [6.45, 7) is 11.1. The third-order valence-corrected chi connectivity index (χ3v) is 2.74. The molecule has 4 heteroatoms. The molecule has 1 rings (SSSR count). The number of nitrogens with one attached hydrogen (secondary N) is 1. The average molecular weight is 279 g/mol. The van der Waals surface area contributed by atoms with Gasteiger partial charge in [-0.1, -0.05) is 18.2 Å². The van der Waals surface area contributed by atoms with Crippen molar-refractivity contribution in [1.82, 2.24) is 5.32 Å². The van der Waals surface area contributed by atoms with Crippen molar-refractivity contribution in [3.05, 3.63) is 29.3 Å². The summed E-state index contributed by atoms with van der Waals surface area (Å²) in [4.78, 5) is 11.4. The zero-order valence-electron chi connectivity index (χ0n) is 13.1. The van der Waals surface area contributed by atoms with Gasteiger partial charge in [0, 0.05) is 17.6 Å². The van der Waals surface area contributed by atoms with Crippen LogP contribution < -0.4 is 10.1 Å². The molecule has 0 aromatic heterocycles. The summed E-state index contributed by atoms with van der Waals surface area (Å²) in [5.41, 5.74) is 2.09. The summed E-state index contributed by atoms with van der Waals surface area (Å²) < 4.78 is 10.5. The van der Waals surface area contributed by atoms with Crippen molar-refractivity contribution in [2.24, 2.45) is 0 Å². The second-order valence-electron chi connectivity index (χ2n) is 5.76. The molecule has 1 aromatic rings. The molecule has 1 aromatic carbocycles. The first-order chi connectivity index (χ1) is 9.33. The Morgan fingerprint density at radius 3 is 2.60 bits per heavy atom. The highest BCUT2D eigenvalue weighted by Gasteiger charge is 2.13. The Morgan fingerprint density at radius 1 is 1.30 bits per heavy atom. The third kappa shape index (κ3) is 5.61. The lowest BCUT2D eigenvalue weighted by atomic mass is 10.1. The Labute approximate surface area is 121 Å². The molecule has 0 heterocycles. The molecule has 0 fully saturated rings. The number of aryl methyl sites for hydroxylation is 1. The maximum Gasteiger partial charge on any atom is 0.344 e.